The van der Waals surface area contributed by atoms with E-state index in [2.05, 4.69) is 30.7 Å². The molecule has 0 radical (unpaired) electrons. The van der Waals surface area contributed by atoms with E-state index in [1.807, 2.05) is 0 Å². The van der Waals surface area contributed by atoms with Crippen LogP contribution < -0.4 is 5.73 Å². The molecular weight excluding hydrogens is 226 g/mol. The number of nitrogens with two attached hydrogens (primary N) is 1. The van der Waals surface area contributed by atoms with Crippen LogP contribution in [0.3, 0.4) is 0 Å². The van der Waals surface area contributed by atoms with E-state index in [1.54, 1.807) is 0 Å². The zero-order valence-corrected chi connectivity index (χ0v) is 12.2. The fourth-order valence-electron chi connectivity index (χ4n) is 3.63. The van der Waals surface area contributed by atoms with Gasteiger partial charge in [-0.1, -0.05) is 0 Å². The van der Waals surface area contributed by atoms with Crippen LogP contribution in [0.2, 0.25) is 0 Å². The predicted octanol–water partition coefficient (Wildman–Crippen LogP) is 0.909. The van der Waals surface area contributed by atoms with Gasteiger partial charge in [0.25, 0.3) is 0 Å². The normalized spacial score (nSPS) is 36.3. The van der Waals surface area contributed by atoms with Crippen LogP contribution in [0.25, 0.3) is 0 Å². The molecule has 0 spiro atoms. The van der Waals surface area contributed by atoms with Gasteiger partial charge in [0.2, 0.25) is 0 Å². The molecule has 2 fully saturated rings. The van der Waals surface area contributed by atoms with Crippen molar-refractivity contribution in [2.24, 2.45) is 5.73 Å². The molecule has 4 heteroatoms. The molecular formula is C14H29N3O. The van der Waals surface area contributed by atoms with E-state index >= 15 is 0 Å². The quantitative estimate of drug-likeness (QED) is 0.811. The maximum Gasteiger partial charge on any atom is 0.0599 e. The lowest BCUT2D eigenvalue weighted by Gasteiger charge is -2.44. The lowest BCUT2D eigenvalue weighted by atomic mass is 9.91. The number of ether oxygens (including phenoxy) is 1. The molecule has 0 aromatic heterocycles. The lowest BCUT2D eigenvalue weighted by Crippen LogP contribution is -2.58. The molecule has 18 heavy (non-hydrogen) atoms. The van der Waals surface area contributed by atoms with E-state index < -0.39 is 0 Å². The molecule has 2 unspecified atom stereocenters. The maximum atomic E-state index is 6.12. The first-order chi connectivity index (χ1) is 8.61. The molecule has 2 aliphatic heterocycles. The Kier molecular flexibility index (Phi) is 4.64. The summed E-state index contributed by atoms with van der Waals surface area (Å²) < 4.78 is 5.73. The third-order valence-corrected chi connectivity index (χ3v) is 4.87. The van der Waals surface area contributed by atoms with Crippen LogP contribution in [0, 0.1) is 0 Å². The van der Waals surface area contributed by atoms with Gasteiger partial charge < -0.3 is 15.4 Å². The summed E-state index contributed by atoms with van der Waals surface area (Å²) in [4.78, 5) is 5.07. The number of likely N-dealkylation sites (N-methyl/N-ethyl adjacent to an activating group) is 1. The Hall–Kier alpha value is -0.160. The highest BCUT2D eigenvalue weighted by Crippen LogP contribution is 2.33. The van der Waals surface area contributed by atoms with Gasteiger partial charge in [0, 0.05) is 44.4 Å². The van der Waals surface area contributed by atoms with Crippen molar-refractivity contribution in [3.63, 3.8) is 0 Å². The van der Waals surface area contributed by atoms with Crippen LogP contribution in [0.1, 0.15) is 33.1 Å². The number of piperidine rings is 1. The fraction of sp³-hybridized carbons (Fsp3) is 1.00. The van der Waals surface area contributed by atoms with Gasteiger partial charge in [-0.3, -0.25) is 4.90 Å². The van der Waals surface area contributed by atoms with Gasteiger partial charge >= 0.3 is 0 Å². The first-order valence-electron chi connectivity index (χ1n) is 7.38. The number of rotatable bonds is 4. The zero-order chi connectivity index (χ0) is 13.2. The highest BCUT2D eigenvalue weighted by molar-refractivity contribution is 5.03. The van der Waals surface area contributed by atoms with Crippen molar-refractivity contribution < 1.29 is 4.74 Å². The van der Waals surface area contributed by atoms with Gasteiger partial charge in [0.05, 0.1) is 6.10 Å². The Balaban J connectivity index is 1.95. The standard InChI is InChI=1S/C14H29N3O/c1-4-18-13-5-7-17(8-6-13)14(10-15)9-12(2)16(3)11-14/h12-13H,4-11,15H2,1-3H3. The third kappa shape index (κ3) is 2.72. The minimum absolute atomic E-state index is 0.214. The molecule has 2 heterocycles. The molecule has 0 amide bonds. The number of nitrogens with zero attached hydrogens (tertiary/aromatic N) is 2. The van der Waals surface area contributed by atoms with Gasteiger partial charge in [-0.05, 0) is 40.2 Å². The molecule has 0 saturated carbocycles. The molecule has 0 aromatic rings. The number of hydrogen-bond acceptors (Lipinski definition) is 4. The Morgan fingerprint density at radius 1 is 1.33 bits per heavy atom. The Labute approximate surface area is 111 Å². The molecule has 2 aliphatic rings. The topological polar surface area (TPSA) is 41.7 Å². The first-order valence-corrected chi connectivity index (χ1v) is 7.38. The van der Waals surface area contributed by atoms with E-state index in [0.29, 0.717) is 12.1 Å². The molecule has 2 saturated heterocycles. The van der Waals surface area contributed by atoms with Crippen LogP contribution in [-0.2, 0) is 4.74 Å². The van der Waals surface area contributed by atoms with Gasteiger partial charge in [-0.15, -0.1) is 0 Å². The average Bonchev–Trinajstić information content (AvgIpc) is 2.68. The van der Waals surface area contributed by atoms with Crippen molar-refractivity contribution in [3.8, 4) is 0 Å². The summed E-state index contributed by atoms with van der Waals surface area (Å²) in [6, 6.07) is 0.651. The van der Waals surface area contributed by atoms with Crippen LogP contribution in [0.15, 0.2) is 0 Å². The average molecular weight is 255 g/mol. The molecule has 106 valence electrons. The maximum absolute atomic E-state index is 6.12. The predicted molar refractivity (Wildman–Crippen MR) is 74.7 cm³/mol. The second-order valence-electron chi connectivity index (χ2n) is 6.04. The number of hydrogen-bond donors (Lipinski definition) is 1. The molecule has 0 bridgehead atoms. The van der Waals surface area contributed by atoms with Crippen molar-refractivity contribution in [1.29, 1.82) is 0 Å². The molecule has 0 aromatic carbocycles. The van der Waals surface area contributed by atoms with E-state index in [-0.39, 0.29) is 5.54 Å². The van der Waals surface area contributed by atoms with Crippen molar-refractivity contribution in [2.45, 2.75) is 50.8 Å². The second kappa shape index (κ2) is 5.87. The van der Waals surface area contributed by atoms with Gasteiger partial charge in [-0.25, -0.2) is 0 Å². The van der Waals surface area contributed by atoms with Crippen LogP contribution in [0.4, 0.5) is 0 Å². The minimum Gasteiger partial charge on any atom is -0.378 e. The molecule has 4 nitrogen and oxygen atoms in total. The van der Waals surface area contributed by atoms with Gasteiger partial charge in [0.15, 0.2) is 0 Å². The summed E-state index contributed by atoms with van der Waals surface area (Å²) in [5, 5.41) is 0. The van der Waals surface area contributed by atoms with Gasteiger partial charge in [0.1, 0.15) is 0 Å². The van der Waals surface area contributed by atoms with E-state index in [0.717, 1.165) is 45.6 Å². The van der Waals surface area contributed by atoms with E-state index in [1.165, 1.54) is 6.42 Å². The first kappa shape index (κ1) is 14.3. The molecule has 2 atom stereocenters. The SMILES string of the molecule is CCOC1CCN(C2(CN)CC(C)N(C)C2)CC1. The van der Waals surface area contributed by atoms with Crippen molar-refractivity contribution >= 4 is 0 Å². The minimum atomic E-state index is 0.214. The fourth-order valence-corrected chi connectivity index (χ4v) is 3.63. The number of likely N-dealkylation sites (tertiary alicyclic amines) is 2. The Morgan fingerprint density at radius 3 is 2.44 bits per heavy atom. The van der Waals surface area contributed by atoms with Crippen molar-refractivity contribution in [1.82, 2.24) is 9.80 Å². The molecule has 2 rings (SSSR count). The zero-order valence-electron chi connectivity index (χ0n) is 12.2. The van der Waals surface area contributed by atoms with Crippen molar-refractivity contribution in [2.75, 3.05) is 39.8 Å². The summed E-state index contributed by atoms with van der Waals surface area (Å²) in [5.41, 5.74) is 6.33. The van der Waals surface area contributed by atoms with Crippen molar-refractivity contribution in [3.05, 3.63) is 0 Å². The Morgan fingerprint density at radius 2 is 2.00 bits per heavy atom. The van der Waals surface area contributed by atoms with Crippen LogP contribution >= 0.6 is 0 Å². The highest BCUT2D eigenvalue weighted by Gasteiger charge is 2.44. The van der Waals surface area contributed by atoms with Crippen LogP contribution in [-0.4, -0.2) is 67.3 Å². The van der Waals surface area contributed by atoms with Gasteiger partial charge in [-0.2, -0.15) is 0 Å². The third-order valence-electron chi connectivity index (χ3n) is 4.87. The summed E-state index contributed by atoms with van der Waals surface area (Å²) in [5.74, 6) is 0. The highest BCUT2D eigenvalue weighted by atomic mass is 16.5. The lowest BCUT2D eigenvalue weighted by molar-refractivity contribution is -0.0155. The summed E-state index contributed by atoms with van der Waals surface area (Å²) in [6.45, 7) is 9.41. The smallest absolute Gasteiger partial charge is 0.0599 e. The Bertz CT molecular complexity index is 254. The van der Waals surface area contributed by atoms with E-state index in [9.17, 15) is 0 Å². The summed E-state index contributed by atoms with van der Waals surface area (Å²) >= 11 is 0. The molecule has 2 N–H and O–H groups in total. The summed E-state index contributed by atoms with van der Waals surface area (Å²) in [7, 11) is 2.22. The molecule has 0 aliphatic carbocycles. The van der Waals surface area contributed by atoms with Crippen LogP contribution in [0.5, 0.6) is 0 Å². The summed E-state index contributed by atoms with van der Waals surface area (Å²) in [6.07, 6.45) is 4.00. The second-order valence-corrected chi connectivity index (χ2v) is 6.04. The van der Waals surface area contributed by atoms with E-state index in [4.69, 9.17) is 10.5 Å². The monoisotopic (exact) mass is 255 g/mol. The largest absolute Gasteiger partial charge is 0.378 e.